The summed E-state index contributed by atoms with van der Waals surface area (Å²) in [4.78, 5) is 0. The predicted molar refractivity (Wildman–Crippen MR) is 165 cm³/mol. The van der Waals surface area contributed by atoms with Crippen molar-refractivity contribution in [2.75, 3.05) is 0 Å². The van der Waals surface area contributed by atoms with Crippen molar-refractivity contribution in [3.63, 3.8) is 0 Å². The Bertz CT molecular complexity index is 576. The third kappa shape index (κ3) is 19.9. The highest BCUT2D eigenvalue weighted by molar-refractivity contribution is 4.84. The Balaban J connectivity index is 2.11. The highest BCUT2D eigenvalue weighted by Gasteiger charge is 2.16. The van der Waals surface area contributed by atoms with Crippen LogP contribution in [0.4, 0.5) is 0 Å². The molecule has 0 radical (unpaired) electrons. The van der Waals surface area contributed by atoms with Crippen LogP contribution in [0.5, 0.6) is 0 Å². The maximum atomic E-state index is 2.60. The molecule has 0 aliphatic heterocycles. The van der Waals surface area contributed by atoms with E-state index >= 15 is 0 Å². The third-order valence-electron chi connectivity index (χ3n) is 8.35. The SMILES string of the molecule is CCCCCCCCCCCCCCCCC[n+]1ccn(CCCC)c1CCCCCCCCCCC. The van der Waals surface area contributed by atoms with Crippen molar-refractivity contribution < 1.29 is 4.57 Å². The molecule has 0 N–H and O–H groups in total. The van der Waals surface area contributed by atoms with Crippen LogP contribution in [0, 0.1) is 0 Å². The maximum absolute atomic E-state index is 2.60. The summed E-state index contributed by atoms with van der Waals surface area (Å²) in [5.74, 6) is 1.60. The average molecular weight is 518 g/mol. The molecule has 0 fully saturated rings. The molecule has 2 nitrogen and oxygen atoms in total. The summed E-state index contributed by atoms with van der Waals surface area (Å²) in [5.41, 5.74) is 0. The van der Waals surface area contributed by atoms with E-state index in [2.05, 4.69) is 42.3 Å². The number of imidazole rings is 1. The Labute approximate surface area is 234 Å². The van der Waals surface area contributed by atoms with Crippen molar-refractivity contribution in [1.82, 2.24) is 4.57 Å². The molecule has 0 saturated carbocycles. The zero-order valence-corrected chi connectivity index (χ0v) is 26.1. The van der Waals surface area contributed by atoms with Gasteiger partial charge in [0.25, 0.3) is 5.82 Å². The monoisotopic (exact) mass is 518 g/mol. The fourth-order valence-electron chi connectivity index (χ4n) is 5.77. The van der Waals surface area contributed by atoms with E-state index in [4.69, 9.17) is 0 Å². The van der Waals surface area contributed by atoms with Gasteiger partial charge in [0, 0.05) is 6.42 Å². The first kappa shape index (κ1) is 34.2. The molecule has 1 aromatic heterocycles. The number of hydrogen-bond donors (Lipinski definition) is 0. The lowest BCUT2D eigenvalue weighted by atomic mass is 10.0. The van der Waals surface area contributed by atoms with Gasteiger partial charge in [-0.25, -0.2) is 9.13 Å². The van der Waals surface area contributed by atoms with Gasteiger partial charge < -0.3 is 0 Å². The fourth-order valence-corrected chi connectivity index (χ4v) is 5.77. The first-order valence-corrected chi connectivity index (χ1v) is 17.4. The zero-order valence-electron chi connectivity index (χ0n) is 26.1. The van der Waals surface area contributed by atoms with Crippen molar-refractivity contribution in [3.8, 4) is 0 Å². The minimum atomic E-state index is 1.20. The van der Waals surface area contributed by atoms with E-state index < -0.39 is 0 Å². The second-order valence-corrected chi connectivity index (χ2v) is 12.0. The molecule has 0 aromatic carbocycles. The third-order valence-corrected chi connectivity index (χ3v) is 8.35. The molecule has 0 saturated heterocycles. The Morgan fingerprint density at radius 3 is 1.27 bits per heavy atom. The van der Waals surface area contributed by atoms with Crippen molar-refractivity contribution in [2.24, 2.45) is 0 Å². The Morgan fingerprint density at radius 1 is 0.459 bits per heavy atom. The van der Waals surface area contributed by atoms with Gasteiger partial charge in [-0.05, 0) is 25.7 Å². The number of aryl methyl sites for hydroxylation is 2. The Hall–Kier alpha value is -0.790. The van der Waals surface area contributed by atoms with Crippen molar-refractivity contribution in [3.05, 3.63) is 18.2 Å². The van der Waals surface area contributed by atoms with Gasteiger partial charge in [0.1, 0.15) is 12.4 Å². The van der Waals surface area contributed by atoms with Crippen LogP contribution >= 0.6 is 0 Å². The first-order valence-electron chi connectivity index (χ1n) is 17.4. The molecule has 1 aromatic rings. The van der Waals surface area contributed by atoms with Gasteiger partial charge in [-0.2, -0.15) is 0 Å². The van der Waals surface area contributed by atoms with E-state index in [1.54, 1.807) is 5.82 Å². The lowest BCUT2D eigenvalue weighted by molar-refractivity contribution is -0.704. The lowest BCUT2D eigenvalue weighted by Crippen LogP contribution is -2.37. The van der Waals surface area contributed by atoms with E-state index in [0.717, 1.165) is 0 Å². The van der Waals surface area contributed by atoms with Crippen LogP contribution in [-0.4, -0.2) is 4.57 Å². The van der Waals surface area contributed by atoms with Crippen molar-refractivity contribution in [2.45, 2.75) is 207 Å². The molecule has 0 atom stereocenters. The van der Waals surface area contributed by atoms with Gasteiger partial charge in [-0.1, -0.05) is 162 Å². The van der Waals surface area contributed by atoms with E-state index in [-0.39, 0.29) is 0 Å². The van der Waals surface area contributed by atoms with E-state index in [0.29, 0.717) is 0 Å². The normalized spacial score (nSPS) is 11.5. The first-order chi connectivity index (χ1) is 18.3. The molecular weight excluding hydrogens is 448 g/mol. The molecule has 0 spiro atoms. The number of unbranched alkanes of at least 4 members (excludes halogenated alkanes) is 23. The summed E-state index contributed by atoms with van der Waals surface area (Å²) in [7, 11) is 0. The number of hydrogen-bond acceptors (Lipinski definition) is 0. The van der Waals surface area contributed by atoms with Crippen LogP contribution in [0.25, 0.3) is 0 Å². The topological polar surface area (TPSA) is 8.81 Å². The summed E-state index contributed by atoms with van der Waals surface area (Å²) in [6.07, 6.45) is 43.0. The maximum Gasteiger partial charge on any atom is 0.256 e. The molecular formula is C35H69N2+. The molecule has 1 heterocycles. The molecule has 0 aliphatic carbocycles. The summed E-state index contributed by atoms with van der Waals surface area (Å²) < 4.78 is 5.17. The van der Waals surface area contributed by atoms with Gasteiger partial charge in [-0.15, -0.1) is 0 Å². The van der Waals surface area contributed by atoms with Crippen LogP contribution in [0.1, 0.15) is 194 Å². The number of aromatic nitrogens is 2. The van der Waals surface area contributed by atoms with Crippen LogP contribution in [0.2, 0.25) is 0 Å². The largest absolute Gasteiger partial charge is 0.256 e. The van der Waals surface area contributed by atoms with Crippen LogP contribution in [-0.2, 0) is 19.5 Å². The smallest absolute Gasteiger partial charge is 0.234 e. The highest BCUT2D eigenvalue weighted by atomic mass is 15.1. The highest BCUT2D eigenvalue weighted by Crippen LogP contribution is 2.14. The lowest BCUT2D eigenvalue weighted by Gasteiger charge is -2.06. The van der Waals surface area contributed by atoms with Gasteiger partial charge in [0.2, 0.25) is 0 Å². The standard InChI is InChI=1S/C35H69N2/c1-4-7-10-12-14-16-17-18-19-20-21-23-25-27-29-32-37-34-33-36(31-9-6-3)35(37)30-28-26-24-22-15-13-11-8-5-2/h33-34H,4-32H2,1-3H3/q+1. The molecule has 0 amide bonds. The van der Waals surface area contributed by atoms with E-state index in [1.807, 2.05) is 0 Å². The minimum absolute atomic E-state index is 1.20. The fraction of sp³-hybridized carbons (Fsp3) is 0.914. The second-order valence-electron chi connectivity index (χ2n) is 12.0. The number of rotatable bonds is 29. The van der Waals surface area contributed by atoms with Crippen LogP contribution in [0.15, 0.2) is 12.4 Å². The van der Waals surface area contributed by atoms with Gasteiger partial charge in [0.05, 0.1) is 13.1 Å². The van der Waals surface area contributed by atoms with Crippen LogP contribution < -0.4 is 4.57 Å². The Morgan fingerprint density at radius 2 is 0.838 bits per heavy atom. The molecule has 37 heavy (non-hydrogen) atoms. The quantitative estimate of drug-likeness (QED) is 0.0737. The van der Waals surface area contributed by atoms with Gasteiger partial charge in [0.15, 0.2) is 0 Å². The second kappa shape index (κ2) is 26.8. The number of nitrogens with zero attached hydrogens (tertiary/aromatic N) is 2. The summed E-state index contributed by atoms with van der Waals surface area (Å²) in [6.45, 7) is 9.36. The summed E-state index contributed by atoms with van der Waals surface area (Å²) in [6, 6.07) is 0. The minimum Gasteiger partial charge on any atom is -0.234 e. The van der Waals surface area contributed by atoms with Crippen LogP contribution in [0.3, 0.4) is 0 Å². The average Bonchev–Trinajstić information content (AvgIpc) is 3.29. The summed E-state index contributed by atoms with van der Waals surface area (Å²) >= 11 is 0. The molecule has 2 heteroatoms. The summed E-state index contributed by atoms with van der Waals surface area (Å²) in [5, 5.41) is 0. The van der Waals surface area contributed by atoms with Gasteiger partial charge >= 0.3 is 0 Å². The molecule has 0 aliphatic rings. The van der Waals surface area contributed by atoms with Crippen molar-refractivity contribution in [1.29, 1.82) is 0 Å². The molecule has 1 rings (SSSR count). The molecule has 0 unspecified atom stereocenters. The molecule has 218 valence electrons. The molecule has 0 bridgehead atoms. The van der Waals surface area contributed by atoms with E-state index in [1.165, 1.54) is 186 Å². The van der Waals surface area contributed by atoms with Gasteiger partial charge in [-0.3, -0.25) is 0 Å². The van der Waals surface area contributed by atoms with E-state index in [9.17, 15) is 0 Å². The Kier molecular flexibility index (Phi) is 24.8. The van der Waals surface area contributed by atoms with Crippen molar-refractivity contribution >= 4 is 0 Å². The zero-order chi connectivity index (χ0) is 26.7. The predicted octanol–water partition coefficient (Wildman–Crippen LogP) is 11.5.